The van der Waals surface area contributed by atoms with Crippen LogP contribution in [0, 0.1) is 0 Å². The van der Waals surface area contributed by atoms with Gasteiger partial charge in [-0.05, 0) is 13.1 Å². The highest BCUT2D eigenvalue weighted by molar-refractivity contribution is 4.73. The maximum Gasteiger partial charge on any atom is 0.240 e. The molecule has 0 bridgehead atoms. The van der Waals surface area contributed by atoms with Crippen molar-refractivity contribution in [1.82, 2.24) is 15.0 Å². The molecule has 0 aliphatic rings. The number of hydrogen-bond acceptors (Lipinski definition) is 4. The SMILES string of the molecule is CCN(CC)Cc1ncno1. The largest absolute Gasteiger partial charge is 0.338 e. The Balaban J connectivity index is 2.41. The quantitative estimate of drug-likeness (QED) is 0.648. The summed E-state index contributed by atoms with van der Waals surface area (Å²) in [6.45, 7) is 7.00. The van der Waals surface area contributed by atoms with Gasteiger partial charge in [-0.15, -0.1) is 0 Å². The Morgan fingerprint density at radius 3 is 2.64 bits per heavy atom. The fraction of sp³-hybridized carbons (Fsp3) is 0.714. The van der Waals surface area contributed by atoms with Crippen molar-refractivity contribution in [2.24, 2.45) is 0 Å². The van der Waals surface area contributed by atoms with Crippen LogP contribution in [0.15, 0.2) is 10.9 Å². The lowest BCUT2D eigenvalue weighted by Gasteiger charge is -2.14. The fourth-order valence-electron chi connectivity index (χ4n) is 0.904. The van der Waals surface area contributed by atoms with Crippen LogP contribution >= 0.6 is 0 Å². The molecule has 0 unspecified atom stereocenters. The van der Waals surface area contributed by atoms with Crippen LogP contribution in [-0.2, 0) is 6.54 Å². The normalized spacial score (nSPS) is 10.8. The molecule has 0 saturated carbocycles. The monoisotopic (exact) mass is 155 g/mol. The van der Waals surface area contributed by atoms with Crippen LogP contribution in [0.5, 0.6) is 0 Å². The van der Waals surface area contributed by atoms with Crippen LogP contribution in [0.2, 0.25) is 0 Å². The van der Waals surface area contributed by atoms with Crippen molar-refractivity contribution in [2.75, 3.05) is 13.1 Å². The molecule has 1 heterocycles. The van der Waals surface area contributed by atoms with Gasteiger partial charge in [-0.25, -0.2) is 0 Å². The molecule has 0 N–H and O–H groups in total. The van der Waals surface area contributed by atoms with Gasteiger partial charge in [0.05, 0.1) is 6.54 Å². The van der Waals surface area contributed by atoms with Gasteiger partial charge in [0, 0.05) is 0 Å². The molecule has 0 aliphatic carbocycles. The Kier molecular flexibility index (Phi) is 3.04. The Labute approximate surface area is 66.2 Å². The zero-order chi connectivity index (χ0) is 8.10. The molecule has 0 fully saturated rings. The van der Waals surface area contributed by atoms with E-state index in [-0.39, 0.29) is 0 Å². The van der Waals surface area contributed by atoms with E-state index in [0.29, 0.717) is 5.89 Å². The van der Waals surface area contributed by atoms with E-state index in [0.717, 1.165) is 19.6 Å². The Hall–Kier alpha value is -0.900. The molecular formula is C7H13N3O. The topological polar surface area (TPSA) is 42.2 Å². The average molecular weight is 155 g/mol. The van der Waals surface area contributed by atoms with Crippen molar-refractivity contribution in [2.45, 2.75) is 20.4 Å². The molecule has 0 aromatic carbocycles. The van der Waals surface area contributed by atoms with Gasteiger partial charge in [-0.2, -0.15) is 4.98 Å². The van der Waals surface area contributed by atoms with E-state index in [4.69, 9.17) is 4.52 Å². The second-order valence-corrected chi connectivity index (χ2v) is 2.30. The summed E-state index contributed by atoms with van der Waals surface area (Å²) >= 11 is 0. The van der Waals surface area contributed by atoms with Gasteiger partial charge in [0.25, 0.3) is 0 Å². The van der Waals surface area contributed by atoms with E-state index in [1.165, 1.54) is 6.33 Å². The van der Waals surface area contributed by atoms with Gasteiger partial charge in [0.1, 0.15) is 0 Å². The second kappa shape index (κ2) is 4.08. The summed E-state index contributed by atoms with van der Waals surface area (Å²) in [6.07, 6.45) is 1.43. The number of hydrogen-bond donors (Lipinski definition) is 0. The van der Waals surface area contributed by atoms with E-state index in [1.54, 1.807) is 0 Å². The zero-order valence-corrected chi connectivity index (χ0v) is 6.95. The van der Waals surface area contributed by atoms with Crippen LogP contribution in [0.4, 0.5) is 0 Å². The Morgan fingerprint density at radius 2 is 2.18 bits per heavy atom. The van der Waals surface area contributed by atoms with E-state index < -0.39 is 0 Å². The van der Waals surface area contributed by atoms with E-state index in [1.807, 2.05) is 0 Å². The molecule has 0 amide bonds. The number of rotatable bonds is 4. The minimum atomic E-state index is 0.689. The van der Waals surface area contributed by atoms with Gasteiger partial charge >= 0.3 is 0 Å². The summed E-state index contributed by atoms with van der Waals surface area (Å²) in [6, 6.07) is 0. The molecule has 0 radical (unpaired) electrons. The summed E-state index contributed by atoms with van der Waals surface area (Å²) in [5.41, 5.74) is 0. The molecule has 0 aliphatic heterocycles. The number of nitrogens with zero attached hydrogens (tertiary/aromatic N) is 3. The first-order valence-corrected chi connectivity index (χ1v) is 3.84. The van der Waals surface area contributed by atoms with Crippen LogP contribution in [0.1, 0.15) is 19.7 Å². The molecule has 11 heavy (non-hydrogen) atoms. The second-order valence-electron chi connectivity index (χ2n) is 2.30. The van der Waals surface area contributed by atoms with E-state index >= 15 is 0 Å². The maximum atomic E-state index is 4.86. The van der Waals surface area contributed by atoms with Gasteiger partial charge in [0.15, 0.2) is 6.33 Å². The highest BCUT2D eigenvalue weighted by atomic mass is 16.5. The molecule has 0 spiro atoms. The van der Waals surface area contributed by atoms with Crippen LogP contribution in [-0.4, -0.2) is 28.1 Å². The molecule has 0 atom stereocenters. The minimum Gasteiger partial charge on any atom is -0.338 e. The molecule has 1 rings (SSSR count). The minimum absolute atomic E-state index is 0.689. The van der Waals surface area contributed by atoms with Gasteiger partial charge in [0.2, 0.25) is 5.89 Å². The van der Waals surface area contributed by atoms with Crippen molar-refractivity contribution in [3.8, 4) is 0 Å². The molecule has 0 saturated heterocycles. The lowest BCUT2D eigenvalue weighted by atomic mass is 10.5. The first-order chi connectivity index (χ1) is 5.36. The first-order valence-electron chi connectivity index (χ1n) is 3.84. The lowest BCUT2D eigenvalue weighted by Crippen LogP contribution is -2.22. The Bertz CT molecular complexity index is 182. The number of aromatic nitrogens is 2. The van der Waals surface area contributed by atoms with E-state index in [2.05, 4.69) is 28.9 Å². The van der Waals surface area contributed by atoms with Gasteiger partial charge < -0.3 is 4.52 Å². The summed E-state index contributed by atoms with van der Waals surface area (Å²) in [7, 11) is 0. The summed E-state index contributed by atoms with van der Waals surface area (Å²) in [4.78, 5) is 6.15. The third-order valence-corrected chi connectivity index (χ3v) is 1.66. The van der Waals surface area contributed by atoms with Crippen molar-refractivity contribution in [3.05, 3.63) is 12.2 Å². The molecule has 1 aromatic rings. The highest BCUT2D eigenvalue weighted by Gasteiger charge is 2.04. The Morgan fingerprint density at radius 1 is 1.45 bits per heavy atom. The zero-order valence-electron chi connectivity index (χ0n) is 6.95. The van der Waals surface area contributed by atoms with Crippen molar-refractivity contribution >= 4 is 0 Å². The fourth-order valence-corrected chi connectivity index (χ4v) is 0.904. The average Bonchev–Trinajstić information content (AvgIpc) is 2.52. The maximum absolute atomic E-state index is 4.86. The predicted molar refractivity (Wildman–Crippen MR) is 40.9 cm³/mol. The summed E-state index contributed by atoms with van der Waals surface area (Å²) < 4.78 is 4.86. The molecule has 62 valence electrons. The molecule has 1 aromatic heterocycles. The smallest absolute Gasteiger partial charge is 0.240 e. The van der Waals surface area contributed by atoms with Crippen molar-refractivity contribution in [1.29, 1.82) is 0 Å². The van der Waals surface area contributed by atoms with Crippen LogP contribution in [0.25, 0.3) is 0 Å². The van der Waals surface area contributed by atoms with Crippen LogP contribution in [0.3, 0.4) is 0 Å². The third kappa shape index (κ3) is 2.31. The molecular weight excluding hydrogens is 142 g/mol. The summed E-state index contributed by atoms with van der Waals surface area (Å²) in [5, 5.41) is 3.53. The van der Waals surface area contributed by atoms with Crippen molar-refractivity contribution in [3.63, 3.8) is 0 Å². The highest BCUT2D eigenvalue weighted by Crippen LogP contribution is 1.97. The first kappa shape index (κ1) is 8.20. The van der Waals surface area contributed by atoms with E-state index in [9.17, 15) is 0 Å². The predicted octanol–water partition coefficient (Wildman–Crippen LogP) is 0.911. The van der Waals surface area contributed by atoms with Gasteiger partial charge in [-0.3, -0.25) is 4.90 Å². The van der Waals surface area contributed by atoms with Crippen LogP contribution < -0.4 is 0 Å². The van der Waals surface area contributed by atoms with Crippen molar-refractivity contribution < 1.29 is 4.52 Å². The van der Waals surface area contributed by atoms with Gasteiger partial charge in [-0.1, -0.05) is 19.0 Å². The molecule has 4 heteroatoms. The standard InChI is InChI=1S/C7H13N3O/c1-3-10(4-2)5-7-8-6-9-11-7/h6H,3-5H2,1-2H3. The summed E-state index contributed by atoms with van der Waals surface area (Å²) in [5.74, 6) is 0.689. The lowest BCUT2D eigenvalue weighted by molar-refractivity contribution is 0.246. The third-order valence-electron chi connectivity index (χ3n) is 1.66. The molecule has 4 nitrogen and oxygen atoms in total.